The number of alkyl carbamates (subject to hydrolysis) is 1. The third-order valence-electron chi connectivity index (χ3n) is 7.79. The van der Waals surface area contributed by atoms with Crippen molar-refractivity contribution in [2.75, 3.05) is 6.61 Å². The SMILES string of the molecule is CC[C@@H](CC(=O)NC1CC2CC2(C(=O)O)C1)NC(=O)OCC1c2ccccc2-c2ccccc21. The van der Waals surface area contributed by atoms with Gasteiger partial charge in [-0.05, 0) is 53.9 Å². The monoisotopic (exact) mass is 462 g/mol. The zero-order valence-electron chi connectivity index (χ0n) is 19.3. The number of aliphatic carboxylic acids is 1. The topological polar surface area (TPSA) is 105 Å². The number of benzene rings is 2. The summed E-state index contributed by atoms with van der Waals surface area (Å²) in [5.41, 5.74) is 4.02. The molecular weight excluding hydrogens is 432 g/mol. The first kappa shape index (κ1) is 22.4. The Hall–Kier alpha value is -3.35. The van der Waals surface area contributed by atoms with Crippen LogP contribution in [0.1, 0.15) is 56.1 Å². The summed E-state index contributed by atoms with van der Waals surface area (Å²) in [5.74, 6) is -0.761. The van der Waals surface area contributed by atoms with E-state index < -0.39 is 17.5 Å². The van der Waals surface area contributed by atoms with E-state index in [0.717, 1.165) is 17.5 Å². The predicted octanol–water partition coefficient (Wildman–Crippen LogP) is 4.06. The van der Waals surface area contributed by atoms with Gasteiger partial charge in [0, 0.05) is 24.4 Å². The van der Waals surface area contributed by atoms with Crippen molar-refractivity contribution in [3.8, 4) is 11.1 Å². The fourth-order valence-corrected chi connectivity index (χ4v) is 5.88. The predicted molar refractivity (Wildman–Crippen MR) is 126 cm³/mol. The van der Waals surface area contributed by atoms with Gasteiger partial charge in [-0.2, -0.15) is 0 Å². The molecule has 4 atom stereocenters. The molecule has 0 bridgehead atoms. The van der Waals surface area contributed by atoms with Gasteiger partial charge in [0.1, 0.15) is 6.61 Å². The van der Waals surface area contributed by atoms with Crippen molar-refractivity contribution < 1.29 is 24.2 Å². The highest BCUT2D eigenvalue weighted by atomic mass is 16.5. The molecule has 7 nitrogen and oxygen atoms in total. The molecule has 3 N–H and O–H groups in total. The van der Waals surface area contributed by atoms with Crippen LogP contribution in [-0.4, -0.2) is 41.8 Å². The molecule has 0 heterocycles. The molecule has 3 aliphatic carbocycles. The van der Waals surface area contributed by atoms with Gasteiger partial charge in [0.15, 0.2) is 0 Å². The number of carbonyl (C=O) groups is 3. The van der Waals surface area contributed by atoms with Crippen LogP contribution in [0.4, 0.5) is 4.79 Å². The average molecular weight is 463 g/mol. The second kappa shape index (κ2) is 8.78. The Balaban J connectivity index is 1.13. The zero-order valence-corrected chi connectivity index (χ0v) is 19.3. The number of rotatable bonds is 8. The van der Waals surface area contributed by atoms with Gasteiger partial charge in [0.25, 0.3) is 0 Å². The first-order valence-electron chi connectivity index (χ1n) is 12.1. The van der Waals surface area contributed by atoms with Crippen molar-refractivity contribution >= 4 is 18.0 Å². The van der Waals surface area contributed by atoms with E-state index in [0.29, 0.717) is 19.3 Å². The zero-order chi connectivity index (χ0) is 23.9. The highest BCUT2D eigenvalue weighted by molar-refractivity contribution is 5.81. The van der Waals surface area contributed by atoms with Crippen LogP contribution in [0.3, 0.4) is 0 Å². The first-order chi connectivity index (χ1) is 16.4. The quantitative estimate of drug-likeness (QED) is 0.549. The lowest BCUT2D eigenvalue weighted by molar-refractivity contribution is -0.143. The molecule has 34 heavy (non-hydrogen) atoms. The number of hydrogen-bond acceptors (Lipinski definition) is 4. The molecule has 3 unspecified atom stereocenters. The third kappa shape index (κ3) is 4.04. The van der Waals surface area contributed by atoms with E-state index in [9.17, 15) is 19.5 Å². The van der Waals surface area contributed by atoms with Crippen LogP contribution in [0.5, 0.6) is 0 Å². The first-order valence-corrected chi connectivity index (χ1v) is 12.1. The summed E-state index contributed by atoms with van der Waals surface area (Å²) in [6.07, 6.45) is 2.12. The average Bonchev–Trinajstić information content (AvgIpc) is 3.26. The minimum atomic E-state index is -0.752. The molecule has 0 aromatic heterocycles. The Bertz CT molecular complexity index is 1090. The number of carboxylic acid groups (broad SMARTS) is 1. The van der Waals surface area contributed by atoms with Crippen LogP contribution in [0.15, 0.2) is 48.5 Å². The van der Waals surface area contributed by atoms with Crippen molar-refractivity contribution in [2.24, 2.45) is 11.3 Å². The molecule has 0 aliphatic heterocycles. The van der Waals surface area contributed by atoms with Crippen LogP contribution in [0.2, 0.25) is 0 Å². The Morgan fingerprint density at radius 3 is 2.29 bits per heavy atom. The molecule has 2 aromatic carbocycles. The second-order valence-electron chi connectivity index (χ2n) is 9.85. The van der Waals surface area contributed by atoms with Gasteiger partial charge in [0.05, 0.1) is 5.41 Å². The van der Waals surface area contributed by atoms with Crippen molar-refractivity contribution in [2.45, 2.75) is 57.0 Å². The van der Waals surface area contributed by atoms with Crippen molar-refractivity contribution in [1.82, 2.24) is 10.6 Å². The lowest BCUT2D eigenvalue weighted by Gasteiger charge is -2.20. The summed E-state index contributed by atoms with van der Waals surface area (Å²) >= 11 is 0. The van der Waals surface area contributed by atoms with Gasteiger partial charge >= 0.3 is 12.1 Å². The highest BCUT2D eigenvalue weighted by Gasteiger charge is 2.65. The van der Waals surface area contributed by atoms with E-state index in [1.807, 2.05) is 31.2 Å². The molecule has 5 rings (SSSR count). The minimum absolute atomic E-state index is 0.0168. The lowest BCUT2D eigenvalue weighted by Crippen LogP contribution is -2.42. The number of fused-ring (bicyclic) bond motifs is 4. The Kier molecular flexibility index (Phi) is 5.80. The van der Waals surface area contributed by atoms with Crippen LogP contribution in [-0.2, 0) is 14.3 Å². The maximum absolute atomic E-state index is 12.6. The minimum Gasteiger partial charge on any atom is -0.481 e. The molecule has 0 radical (unpaired) electrons. The standard InChI is InChI=1S/C27H30N2O5/c1-2-17(12-24(30)28-18-11-16-13-27(16,14-18)25(31)32)29-26(33)34-15-23-21-9-5-3-7-19(21)20-8-4-6-10-22(20)23/h3-10,16-18,23H,2,11-15H2,1H3,(H,28,30)(H,29,33)(H,31,32)/t16?,17-,18?,27?/m0/s1. The normalized spacial score (nSPS) is 25.0. The molecule has 7 heteroatoms. The largest absolute Gasteiger partial charge is 0.481 e. The Labute approximate surface area is 198 Å². The molecule has 2 aromatic rings. The summed E-state index contributed by atoms with van der Waals surface area (Å²) in [4.78, 5) is 36.6. The van der Waals surface area contributed by atoms with Gasteiger partial charge in [-0.15, -0.1) is 0 Å². The summed E-state index contributed by atoms with van der Waals surface area (Å²) in [6, 6.07) is 15.9. The maximum Gasteiger partial charge on any atom is 0.407 e. The molecule has 178 valence electrons. The number of amides is 2. The number of carbonyl (C=O) groups excluding carboxylic acids is 2. The summed E-state index contributed by atoms with van der Waals surface area (Å²) in [7, 11) is 0. The Morgan fingerprint density at radius 2 is 1.71 bits per heavy atom. The van der Waals surface area contributed by atoms with Gasteiger partial charge in [-0.1, -0.05) is 55.5 Å². The summed E-state index contributed by atoms with van der Waals surface area (Å²) in [5, 5.41) is 15.2. The van der Waals surface area contributed by atoms with E-state index >= 15 is 0 Å². The summed E-state index contributed by atoms with van der Waals surface area (Å²) < 4.78 is 5.60. The van der Waals surface area contributed by atoms with E-state index in [4.69, 9.17) is 4.74 Å². The molecule has 2 amide bonds. The second-order valence-corrected chi connectivity index (χ2v) is 9.85. The molecule has 0 saturated heterocycles. The maximum atomic E-state index is 12.6. The van der Waals surface area contributed by atoms with Gasteiger partial charge in [-0.3, -0.25) is 9.59 Å². The van der Waals surface area contributed by atoms with E-state index in [1.165, 1.54) is 11.1 Å². The molecule has 0 spiro atoms. The summed E-state index contributed by atoms with van der Waals surface area (Å²) in [6.45, 7) is 2.13. The fourth-order valence-electron chi connectivity index (χ4n) is 5.88. The van der Waals surface area contributed by atoms with Gasteiger partial charge < -0.3 is 20.5 Å². The number of ether oxygens (including phenoxy) is 1. The van der Waals surface area contributed by atoms with Crippen molar-refractivity contribution in [3.05, 3.63) is 59.7 Å². The van der Waals surface area contributed by atoms with Crippen LogP contribution in [0, 0.1) is 11.3 Å². The Morgan fingerprint density at radius 1 is 1.06 bits per heavy atom. The van der Waals surface area contributed by atoms with Crippen LogP contribution < -0.4 is 10.6 Å². The van der Waals surface area contributed by atoms with Crippen LogP contribution >= 0.6 is 0 Å². The van der Waals surface area contributed by atoms with E-state index in [2.05, 4.69) is 34.9 Å². The van der Waals surface area contributed by atoms with Gasteiger partial charge in [0.2, 0.25) is 5.91 Å². The van der Waals surface area contributed by atoms with E-state index in [1.54, 1.807) is 0 Å². The van der Waals surface area contributed by atoms with E-state index in [-0.39, 0.29) is 42.9 Å². The van der Waals surface area contributed by atoms with Crippen molar-refractivity contribution in [1.29, 1.82) is 0 Å². The molecule has 3 aliphatic rings. The number of hydrogen-bond donors (Lipinski definition) is 3. The smallest absolute Gasteiger partial charge is 0.407 e. The molecule has 2 fully saturated rings. The fraction of sp³-hybridized carbons (Fsp3) is 0.444. The highest BCUT2D eigenvalue weighted by Crippen LogP contribution is 2.63. The van der Waals surface area contributed by atoms with Crippen LogP contribution in [0.25, 0.3) is 11.1 Å². The number of carboxylic acids is 1. The van der Waals surface area contributed by atoms with Gasteiger partial charge in [-0.25, -0.2) is 4.79 Å². The lowest BCUT2D eigenvalue weighted by atomic mass is 9.98. The number of nitrogens with one attached hydrogen (secondary N) is 2. The molecular formula is C27H30N2O5. The van der Waals surface area contributed by atoms with Crippen molar-refractivity contribution in [3.63, 3.8) is 0 Å². The third-order valence-corrected chi connectivity index (χ3v) is 7.79. The molecule has 2 saturated carbocycles.